The fourth-order valence-electron chi connectivity index (χ4n) is 1.91. The summed E-state index contributed by atoms with van der Waals surface area (Å²) in [4.78, 5) is 0. The second-order valence-corrected chi connectivity index (χ2v) is 6.75. The lowest BCUT2D eigenvalue weighted by atomic mass is 10.2. The number of hydrogen-bond acceptors (Lipinski definition) is 3. The normalized spacial score (nSPS) is 22.9. The molecular formula is C10H22N2O2S. The van der Waals surface area contributed by atoms with E-state index in [-0.39, 0.29) is 0 Å². The van der Waals surface area contributed by atoms with E-state index in [1.165, 1.54) is 6.26 Å². The average Bonchev–Trinajstić information content (AvgIpc) is 2.53. The topological polar surface area (TPSA) is 49.4 Å². The maximum absolute atomic E-state index is 11.6. The number of hydrogen-bond donors (Lipinski definition) is 1. The van der Waals surface area contributed by atoms with E-state index in [0.29, 0.717) is 25.0 Å². The lowest BCUT2D eigenvalue weighted by molar-refractivity contribution is 0.339. The molecule has 1 fully saturated rings. The Kier molecular flexibility index (Phi) is 4.55. The zero-order valence-corrected chi connectivity index (χ0v) is 10.7. The van der Waals surface area contributed by atoms with Crippen molar-refractivity contribution in [3.63, 3.8) is 0 Å². The molecule has 5 heteroatoms. The predicted octanol–water partition coefficient (Wildman–Crippen LogP) is 0.656. The van der Waals surface area contributed by atoms with Gasteiger partial charge in [0.2, 0.25) is 10.0 Å². The van der Waals surface area contributed by atoms with Crippen LogP contribution >= 0.6 is 0 Å². The molecule has 1 rings (SSSR count). The van der Waals surface area contributed by atoms with Crippen molar-refractivity contribution in [3.8, 4) is 0 Å². The molecule has 90 valence electrons. The van der Waals surface area contributed by atoms with Crippen molar-refractivity contribution in [1.82, 2.24) is 9.62 Å². The van der Waals surface area contributed by atoms with E-state index in [2.05, 4.69) is 5.32 Å². The van der Waals surface area contributed by atoms with Gasteiger partial charge >= 0.3 is 0 Å². The van der Waals surface area contributed by atoms with Crippen LogP contribution in [0.3, 0.4) is 0 Å². The standard InChI is InChI=1S/C10H22N2O2S/c1-9(2)7-12(15(3,13)14)8-10-5-4-6-11-10/h9-11H,4-8H2,1-3H3. The molecule has 0 aromatic heterocycles. The minimum absolute atomic E-state index is 0.346. The van der Waals surface area contributed by atoms with Crippen LogP contribution in [0, 0.1) is 5.92 Å². The summed E-state index contributed by atoms with van der Waals surface area (Å²) in [6.45, 7) is 6.35. The van der Waals surface area contributed by atoms with Gasteiger partial charge in [-0.3, -0.25) is 0 Å². The first kappa shape index (κ1) is 12.9. The fourth-order valence-corrected chi connectivity index (χ4v) is 2.93. The smallest absolute Gasteiger partial charge is 0.211 e. The van der Waals surface area contributed by atoms with E-state index >= 15 is 0 Å². The molecule has 1 atom stereocenters. The predicted molar refractivity (Wildman–Crippen MR) is 62.3 cm³/mol. The van der Waals surface area contributed by atoms with Crippen molar-refractivity contribution >= 4 is 10.0 Å². The van der Waals surface area contributed by atoms with E-state index in [4.69, 9.17) is 0 Å². The van der Waals surface area contributed by atoms with E-state index in [1.54, 1.807) is 4.31 Å². The molecule has 1 saturated heterocycles. The third kappa shape index (κ3) is 4.49. The second kappa shape index (κ2) is 5.27. The summed E-state index contributed by atoms with van der Waals surface area (Å²) in [5.41, 5.74) is 0. The van der Waals surface area contributed by atoms with Crippen molar-refractivity contribution in [2.24, 2.45) is 5.92 Å². The molecule has 0 amide bonds. The van der Waals surface area contributed by atoms with Gasteiger partial charge in [0, 0.05) is 19.1 Å². The molecule has 1 heterocycles. The molecule has 1 N–H and O–H groups in total. The quantitative estimate of drug-likeness (QED) is 0.760. The molecule has 0 aromatic rings. The first-order chi connectivity index (χ1) is 6.89. The average molecular weight is 234 g/mol. The Bertz CT molecular complexity index is 282. The highest BCUT2D eigenvalue weighted by molar-refractivity contribution is 7.88. The highest BCUT2D eigenvalue weighted by atomic mass is 32.2. The van der Waals surface area contributed by atoms with Crippen molar-refractivity contribution in [1.29, 1.82) is 0 Å². The van der Waals surface area contributed by atoms with E-state index in [9.17, 15) is 8.42 Å². The summed E-state index contributed by atoms with van der Waals surface area (Å²) in [6, 6.07) is 0.346. The molecule has 1 unspecified atom stereocenters. The zero-order chi connectivity index (χ0) is 11.5. The van der Waals surface area contributed by atoms with Crippen molar-refractivity contribution < 1.29 is 8.42 Å². The minimum Gasteiger partial charge on any atom is -0.313 e. The van der Waals surface area contributed by atoms with Gasteiger partial charge in [0.25, 0.3) is 0 Å². The number of sulfonamides is 1. The highest BCUT2D eigenvalue weighted by Gasteiger charge is 2.23. The van der Waals surface area contributed by atoms with Crippen LogP contribution < -0.4 is 5.32 Å². The summed E-state index contributed by atoms with van der Waals surface area (Å²) in [6.07, 6.45) is 3.54. The fraction of sp³-hybridized carbons (Fsp3) is 1.00. The van der Waals surface area contributed by atoms with Crippen LogP contribution in [0.1, 0.15) is 26.7 Å². The summed E-state index contributed by atoms with van der Waals surface area (Å²) in [5, 5.41) is 3.33. The molecule has 0 aliphatic carbocycles. The lowest BCUT2D eigenvalue weighted by Gasteiger charge is -2.25. The van der Waals surface area contributed by atoms with Gasteiger partial charge in [-0.15, -0.1) is 0 Å². The van der Waals surface area contributed by atoms with E-state index in [1.807, 2.05) is 13.8 Å². The maximum atomic E-state index is 11.6. The van der Waals surface area contributed by atoms with Crippen LogP contribution in [0.4, 0.5) is 0 Å². The van der Waals surface area contributed by atoms with E-state index in [0.717, 1.165) is 19.4 Å². The van der Waals surface area contributed by atoms with Gasteiger partial charge in [-0.25, -0.2) is 12.7 Å². The lowest BCUT2D eigenvalue weighted by Crippen LogP contribution is -2.42. The molecule has 15 heavy (non-hydrogen) atoms. The molecule has 0 aromatic carbocycles. The number of nitrogens with zero attached hydrogens (tertiary/aromatic N) is 1. The maximum Gasteiger partial charge on any atom is 0.211 e. The van der Waals surface area contributed by atoms with Crippen LogP contribution in [0.5, 0.6) is 0 Å². The second-order valence-electron chi connectivity index (χ2n) is 4.77. The summed E-state index contributed by atoms with van der Waals surface area (Å²) in [5.74, 6) is 0.376. The Hall–Kier alpha value is -0.130. The van der Waals surface area contributed by atoms with Gasteiger partial charge in [-0.2, -0.15) is 0 Å². The van der Waals surface area contributed by atoms with Crippen LogP contribution in [-0.4, -0.2) is 44.7 Å². The summed E-state index contributed by atoms with van der Waals surface area (Å²) >= 11 is 0. The van der Waals surface area contributed by atoms with E-state index < -0.39 is 10.0 Å². The molecule has 4 nitrogen and oxygen atoms in total. The van der Waals surface area contributed by atoms with Gasteiger partial charge < -0.3 is 5.32 Å². The minimum atomic E-state index is -3.05. The highest BCUT2D eigenvalue weighted by Crippen LogP contribution is 2.11. The summed E-state index contributed by atoms with van der Waals surface area (Å²) < 4.78 is 24.7. The Morgan fingerprint density at radius 1 is 1.47 bits per heavy atom. The Balaban J connectivity index is 2.56. The number of nitrogens with one attached hydrogen (secondary N) is 1. The molecule has 1 aliphatic rings. The first-order valence-electron chi connectivity index (χ1n) is 5.58. The first-order valence-corrected chi connectivity index (χ1v) is 7.43. The van der Waals surface area contributed by atoms with Crippen LogP contribution in [0.25, 0.3) is 0 Å². The molecule has 0 bridgehead atoms. The van der Waals surface area contributed by atoms with Crippen LogP contribution in [0.2, 0.25) is 0 Å². The molecule has 1 aliphatic heterocycles. The van der Waals surface area contributed by atoms with Crippen LogP contribution in [-0.2, 0) is 10.0 Å². The Morgan fingerprint density at radius 2 is 2.13 bits per heavy atom. The van der Waals surface area contributed by atoms with Gasteiger partial charge in [0.1, 0.15) is 0 Å². The third-order valence-corrected chi connectivity index (χ3v) is 3.86. The molecule has 0 radical (unpaired) electrons. The van der Waals surface area contributed by atoms with Gasteiger partial charge in [-0.05, 0) is 25.3 Å². The van der Waals surface area contributed by atoms with Crippen molar-refractivity contribution in [2.75, 3.05) is 25.9 Å². The van der Waals surface area contributed by atoms with Crippen LogP contribution in [0.15, 0.2) is 0 Å². The Morgan fingerprint density at radius 3 is 2.53 bits per heavy atom. The summed E-state index contributed by atoms with van der Waals surface area (Å²) in [7, 11) is -3.05. The Labute approximate surface area is 93.1 Å². The molecule has 0 saturated carbocycles. The molecular weight excluding hydrogens is 212 g/mol. The SMILES string of the molecule is CC(C)CN(CC1CCCN1)S(C)(=O)=O. The van der Waals surface area contributed by atoms with Crippen molar-refractivity contribution in [3.05, 3.63) is 0 Å². The largest absolute Gasteiger partial charge is 0.313 e. The monoisotopic (exact) mass is 234 g/mol. The van der Waals surface area contributed by atoms with Crippen molar-refractivity contribution in [2.45, 2.75) is 32.7 Å². The molecule has 0 spiro atoms. The van der Waals surface area contributed by atoms with Gasteiger partial charge in [0.15, 0.2) is 0 Å². The van der Waals surface area contributed by atoms with Gasteiger partial charge in [0.05, 0.1) is 6.26 Å². The number of rotatable bonds is 5. The zero-order valence-electron chi connectivity index (χ0n) is 9.86. The van der Waals surface area contributed by atoms with Gasteiger partial charge in [-0.1, -0.05) is 13.8 Å². The third-order valence-electron chi connectivity index (χ3n) is 2.62.